The standard InChI is InChI=1S/C42H63NO11Si/c1-42(2,3)55(39-15-9-5-10-16-39,40-17-11-6-12-18-40)54-36-35-52-34-33-51-32-31-50-30-29-49-28-27-48-26-25-47-24-23-46-22-21-45-20-19-43-41(44)53-37-38-13-7-4-8-14-38/h4-18H,19-37H2,1-3H3,(H,43,44). The van der Waals surface area contributed by atoms with Gasteiger partial charge in [0.25, 0.3) is 8.32 Å². The molecule has 12 nitrogen and oxygen atoms in total. The highest BCUT2D eigenvalue weighted by Gasteiger charge is 2.50. The van der Waals surface area contributed by atoms with Crippen molar-refractivity contribution >= 4 is 24.8 Å². The molecule has 0 unspecified atom stereocenters. The Kier molecular flexibility index (Phi) is 24.4. The van der Waals surface area contributed by atoms with Crippen LogP contribution >= 0.6 is 0 Å². The fourth-order valence-corrected chi connectivity index (χ4v) is 10.2. The van der Waals surface area contributed by atoms with Gasteiger partial charge in [0.2, 0.25) is 0 Å². The first-order chi connectivity index (χ1) is 26.9. The lowest BCUT2D eigenvalue weighted by atomic mass is 10.2. The molecule has 13 heteroatoms. The van der Waals surface area contributed by atoms with E-state index < -0.39 is 14.4 Å². The van der Waals surface area contributed by atoms with Crippen molar-refractivity contribution < 1.29 is 51.9 Å². The molecule has 0 heterocycles. The largest absolute Gasteiger partial charge is 0.445 e. The number of rotatable bonds is 32. The van der Waals surface area contributed by atoms with Gasteiger partial charge in [0.05, 0.1) is 112 Å². The van der Waals surface area contributed by atoms with Crippen molar-refractivity contribution in [2.45, 2.75) is 32.4 Å². The summed E-state index contributed by atoms with van der Waals surface area (Å²) in [5.41, 5.74) is 0.938. The van der Waals surface area contributed by atoms with E-state index in [-0.39, 0.29) is 11.6 Å². The predicted octanol–water partition coefficient (Wildman–Crippen LogP) is 4.62. The molecule has 55 heavy (non-hydrogen) atoms. The number of hydrogen-bond donors (Lipinski definition) is 1. The lowest BCUT2D eigenvalue weighted by Crippen LogP contribution is -2.66. The van der Waals surface area contributed by atoms with Crippen molar-refractivity contribution in [2.24, 2.45) is 0 Å². The number of carbonyl (C=O) groups excluding carboxylic acids is 1. The fraction of sp³-hybridized carbons (Fsp3) is 0.548. The predicted molar refractivity (Wildman–Crippen MR) is 215 cm³/mol. The Morgan fingerprint density at radius 3 is 1.16 bits per heavy atom. The third kappa shape index (κ3) is 19.5. The number of benzene rings is 3. The first kappa shape index (κ1) is 46.2. The molecular weight excluding hydrogens is 723 g/mol. The topological polar surface area (TPSA) is 121 Å². The maximum atomic E-state index is 11.7. The summed E-state index contributed by atoms with van der Waals surface area (Å²) in [7, 11) is -2.54. The first-order valence-corrected chi connectivity index (χ1v) is 21.2. The summed E-state index contributed by atoms with van der Waals surface area (Å²) in [5.74, 6) is 0. The zero-order chi connectivity index (χ0) is 39.1. The summed E-state index contributed by atoms with van der Waals surface area (Å²) in [6, 6.07) is 30.8. The first-order valence-electron chi connectivity index (χ1n) is 19.2. The van der Waals surface area contributed by atoms with Crippen molar-refractivity contribution in [1.29, 1.82) is 0 Å². The van der Waals surface area contributed by atoms with Crippen LogP contribution in [0.3, 0.4) is 0 Å². The van der Waals surface area contributed by atoms with Gasteiger partial charge in [-0.2, -0.15) is 0 Å². The summed E-state index contributed by atoms with van der Waals surface area (Å²) in [6.45, 7) is 15.6. The normalized spacial score (nSPS) is 11.8. The van der Waals surface area contributed by atoms with Crippen LogP contribution in [0.4, 0.5) is 4.79 Å². The molecule has 0 spiro atoms. The lowest BCUT2D eigenvalue weighted by Gasteiger charge is -2.43. The molecule has 0 saturated carbocycles. The van der Waals surface area contributed by atoms with E-state index in [1.807, 2.05) is 30.3 Å². The minimum atomic E-state index is -2.54. The van der Waals surface area contributed by atoms with E-state index in [0.29, 0.717) is 119 Å². The molecule has 1 amide bonds. The van der Waals surface area contributed by atoms with Crippen molar-refractivity contribution in [3.8, 4) is 0 Å². The minimum absolute atomic E-state index is 0.0610. The second kappa shape index (κ2) is 29.1. The van der Waals surface area contributed by atoms with Crippen LogP contribution in [0.2, 0.25) is 5.04 Å². The van der Waals surface area contributed by atoms with E-state index in [9.17, 15) is 4.79 Å². The van der Waals surface area contributed by atoms with Crippen LogP contribution in [0.5, 0.6) is 0 Å². The molecule has 0 bridgehead atoms. The van der Waals surface area contributed by atoms with Crippen LogP contribution in [-0.4, -0.2) is 133 Å². The molecule has 3 aromatic rings. The lowest BCUT2D eigenvalue weighted by molar-refractivity contribution is -0.0236. The van der Waals surface area contributed by atoms with Crippen LogP contribution in [-0.2, 0) is 53.7 Å². The van der Waals surface area contributed by atoms with Gasteiger partial charge in [0.1, 0.15) is 6.61 Å². The van der Waals surface area contributed by atoms with Crippen molar-refractivity contribution in [3.63, 3.8) is 0 Å². The average molecular weight is 786 g/mol. The maximum absolute atomic E-state index is 11.7. The van der Waals surface area contributed by atoms with E-state index in [0.717, 1.165) is 5.56 Å². The number of carbonyl (C=O) groups is 1. The Morgan fingerprint density at radius 2 is 0.800 bits per heavy atom. The highest BCUT2D eigenvalue weighted by molar-refractivity contribution is 6.99. The molecule has 0 saturated heterocycles. The van der Waals surface area contributed by atoms with Crippen LogP contribution < -0.4 is 15.7 Å². The van der Waals surface area contributed by atoms with Gasteiger partial charge in [-0.05, 0) is 21.0 Å². The molecule has 3 rings (SSSR count). The van der Waals surface area contributed by atoms with E-state index >= 15 is 0 Å². The molecular formula is C42H63NO11Si. The zero-order valence-electron chi connectivity index (χ0n) is 33.1. The van der Waals surface area contributed by atoms with Gasteiger partial charge >= 0.3 is 6.09 Å². The van der Waals surface area contributed by atoms with Gasteiger partial charge in [-0.25, -0.2) is 4.79 Å². The molecule has 0 aliphatic heterocycles. The second-order valence-electron chi connectivity index (χ2n) is 13.4. The Morgan fingerprint density at radius 1 is 0.473 bits per heavy atom. The van der Waals surface area contributed by atoms with Gasteiger partial charge in [0.15, 0.2) is 0 Å². The summed E-state index contributed by atoms with van der Waals surface area (Å²) >= 11 is 0. The van der Waals surface area contributed by atoms with Gasteiger partial charge in [-0.15, -0.1) is 0 Å². The minimum Gasteiger partial charge on any atom is -0.445 e. The summed E-state index contributed by atoms with van der Waals surface area (Å²) in [6.07, 6.45) is -0.468. The smallest absolute Gasteiger partial charge is 0.407 e. The number of ether oxygens (including phenoxy) is 9. The Bertz CT molecular complexity index is 1310. The molecule has 0 aliphatic rings. The van der Waals surface area contributed by atoms with Crippen LogP contribution in [0.25, 0.3) is 0 Å². The molecule has 3 aromatic carbocycles. The number of amides is 1. The second-order valence-corrected chi connectivity index (χ2v) is 17.7. The molecule has 0 fully saturated rings. The molecule has 0 atom stereocenters. The number of hydrogen-bond acceptors (Lipinski definition) is 11. The summed E-state index contributed by atoms with van der Waals surface area (Å²) in [4.78, 5) is 11.7. The van der Waals surface area contributed by atoms with Crippen molar-refractivity contribution in [1.82, 2.24) is 5.32 Å². The molecule has 0 aromatic heterocycles. The van der Waals surface area contributed by atoms with Crippen LogP contribution in [0.15, 0.2) is 91.0 Å². The van der Waals surface area contributed by atoms with Gasteiger partial charge in [-0.1, -0.05) is 112 Å². The van der Waals surface area contributed by atoms with E-state index in [1.54, 1.807) is 0 Å². The Balaban J connectivity index is 1.03. The molecule has 0 aliphatic carbocycles. The highest BCUT2D eigenvalue weighted by atomic mass is 28.4. The van der Waals surface area contributed by atoms with Gasteiger partial charge < -0.3 is 52.4 Å². The molecule has 0 radical (unpaired) electrons. The fourth-order valence-electron chi connectivity index (χ4n) is 5.66. The maximum Gasteiger partial charge on any atom is 0.407 e. The molecule has 306 valence electrons. The third-order valence-corrected chi connectivity index (χ3v) is 13.3. The third-order valence-electron chi connectivity index (χ3n) is 8.30. The van der Waals surface area contributed by atoms with Crippen LogP contribution in [0, 0.1) is 0 Å². The van der Waals surface area contributed by atoms with Gasteiger partial charge in [0, 0.05) is 6.54 Å². The van der Waals surface area contributed by atoms with E-state index in [4.69, 9.17) is 47.1 Å². The van der Waals surface area contributed by atoms with Crippen molar-refractivity contribution in [3.05, 3.63) is 96.6 Å². The summed E-state index contributed by atoms with van der Waals surface area (Å²) < 4.78 is 56.5. The monoisotopic (exact) mass is 785 g/mol. The Hall–Kier alpha value is -3.21. The summed E-state index contributed by atoms with van der Waals surface area (Å²) in [5, 5.41) is 5.12. The SMILES string of the molecule is CC(C)(C)[Si](OCCOCCOCCOCCOCCOCCOCCOCCOCCNC(=O)OCc1ccccc1)(c1ccccc1)c1ccccc1. The molecule has 1 N–H and O–H groups in total. The highest BCUT2D eigenvalue weighted by Crippen LogP contribution is 2.36. The van der Waals surface area contributed by atoms with E-state index in [2.05, 4.69) is 86.8 Å². The number of nitrogens with one attached hydrogen (secondary N) is 1. The van der Waals surface area contributed by atoms with E-state index in [1.165, 1.54) is 10.4 Å². The zero-order valence-corrected chi connectivity index (χ0v) is 34.1. The van der Waals surface area contributed by atoms with Gasteiger partial charge in [-0.3, -0.25) is 0 Å². The average Bonchev–Trinajstić information content (AvgIpc) is 3.20. The van der Waals surface area contributed by atoms with Crippen molar-refractivity contribution in [2.75, 3.05) is 119 Å². The van der Waals surface area contributed by atoms with Crippen LogP contribution in [0.1, 0.15) is 26.3 Å². The quantitative estimate of drug-likeness (QED) is 0.0706. The Labute approximate surface area is 329 Å². The number of alkyl carbamates (subject to hydrolysis) is 1.